The second-order valence-corrected chi connectivity index (χ2v) is 7.47. The normalized spacial score (nSPS) is 11.0. The van der Waals surface area contributed by atoms with Crippen LogP contribution in [0.1, 0.15) is 43.7 Å². The van der Waals surface area contributed by atoms with Crippen molar-refractivity contribution in [1.82, 2.24) is 10.1 Å². The van der Waals surface area contributed by atoms with Gasteiger partial charge in [-0.15, -0.1) is 0 Å². The van der Waals surface area contributed by atoms with E-state index in [4.69, 9.17) is 9.26 Å². The predicted octanol–water partition coefficient (Wildman–Crippen LogP) is 5.01. The maximum Gasteiger partial charge on any atom is 0.327 e. The standard InChI is InChI=1S/C21H22N4O4/c1-13(26)14-5-7-15(8-6-14)28-16-9-10-18(22-12-16)23-20(27)24-19-11-17(25-29-19)21(2,3)4/h5-12H,1-4H3,(H2,22,23,24,27). The van der Waals surface area contributed by atoms with E-state index in [2.05, 4.69) is 20.8 Å². The Labute approximate surface area is 168 Å². The van der Waals surface area contributed by atoms with Crippen LogP contribution in [-0.2, 0) is 5.41 Å². The third-order valence-electron chi connectivity index (χ3n) is 3.99. The van der Waals surface area contributed by atoms with E-state index in [9.17, 15) is 9.59 Å². The van der Waals surface area contributed by atoms with Crippen LogP contribution in [0.15, 0.2) is 53.2 Å². The molecule has 2 aromatic heterocycles. The van der Waals surface area contributed by atoms with Crippen molar-refractivity contribution in [1.29, 1.82) is 0 Å². The summed E-state index contributed by atoms with van der Waals surface area (Å²) in [5.74, 6) is 1.66. The summed E-state index contributed by atoms with van der Waals surface area (Å²) in [6, 6.07) is 11.3. The fourth-order valence-corrected chi connectivity index (χ4v) is 2.36. The molecule has 8 heteroatoms. The predicted molar refractivity (Wildman–Crippen MR) is 109 cm³/mol. The number of nitrogens with one attached hydrogen (secondary N) is 2. The zero-order valence-corrected chi connectivity index (χ0v) is 16.6. The maximum atomic E-state index is 12.1. The van der Waals surface area contributed by atoms with E-state index in [1.54, 1.807) is 42.5 Å². The van der Waals surface area contributed by atoms with Crippen LogP contribution in [0.25, 0.3) is 0 Å². The number of carbonyl (C=O) groups is 2. The highest BCUT2D eigenvalue weighted by molar-refractivity contribution is 5.98. The summed E-state index contributed by atoms with van der Waals surface area (Å²) >= 11 is 0. The van der Waals surface area contributed by atoms with Gasteiger partial charge in [0, 0.05) is 17.0 Å². The average Bonchev–Trinajstić information content (AvgIpc) is 3.12. The molecule has 3 rings (SSSR count). The summed E-state index contributed by atoms with van der Waals surface area (Å²) in [7, 11) is 0. The topological polar surface area (TPSA) is 106 Å². The van der Waals surface area contributed by atoms with Gasteiger partial charge in [0.1, 0.15) is 17.3 Å². The van der Waals surface area contributed by atoms with E-state index < -0.39 is 6.03 Å². The lowest BCUT2D eigenvalue weighted by molar-refractivity contribution is 0.101. The largest absolute Gasteiger partial charge is 0.456 e. The molecule has 0 bridgehead atoms. The first-order valence-corrected chi connectivity index (χ1v) is 9.01. The summed E-state index contributed by atoms with van der Waals surface area (Å²) in [6.45, 7) is 7.51. The van der Waals surface area contributed by atoms with Crippen molar-refractivity contribution in [2.75, 3.05) is 10.6 Å². The molecule has 0 saturated heterocycles. The van der Waals surface area contributed by atoms with E-state index in [0.29, 0.717) is 22.9 Å². The molecule has 0 aliphatic heterocycles. The van der Waals surface area contributed by atoms with Gasteiger partial charge in [-0.2, -0.15) is 0 Å². The Balaban J connectivity index is 1.56. The first-order chi connectivity index (χ1) is 13.7. The van der Waals surface area contributed by atoms with Crippen LogP contribution < -0.4 is 15.4 Å². The summed E-state index contributed by atoms with van der Waals surface area (Å²) in [5, 5.41) is 9.13. The molecule has 2 N–H and O–H groups in total. The number of ether oxygens (including phenoxy) is 1. The minimum Gasteiger partial charge on any atom is -0.456 e. The number of benzene rings is 1. The van der Waals surface area contributed by atoms with Gasteiger partial charge in [0.15, 0.2) is 5.78 Å². The number of rotatable bonds is 5. The second kappa shape index (κ2) is 8.14. The Hall–Kier alpha value is -3.68. The lowest BCUT2D eigenvalue weighted by Gasteiger charge is -2.12. The lowest BCUT2D eigenvalue weighted by atomic mass is 9.92. The van der Waals surface area contributed by atoms with Crippen molar-refractivity contribution in [2.45, 2.75) is 33.1 Å². The van der Waals surface area contributed by atoms with Crippen LogP contribution in [0.2, 0.25) is 0 Å². The number of pyridine rings is 1. The fraction of sp³-hybridized carbons (Fsp3) is 0.238. The van der Waals surface area contributed by atoms with Crippen molar-refractivity contribution in [3.05, 3.63) is 59.9 Å². The number of anilines is 2. The number of carbonyl (C=O) groups excluding carboxylic acids is 2. The molecule has 29 heavy (non-hydrogen) atoms. The summed E-state index contributed by atoms with van der Waals surface area (Å²) in [6.07, 6.45) is 1.49. The van der Waals surface area contributed by atoms with E-state index in [-0.39, 0.29) is 17.1 Å². The molecule has 1 aromatic carbocycles. The molecule has 8 nitrogen and oxygen atoms in total. The Bertz CT molecular complexity index is 1000. The molecule has 0 aliphatic rings. The first-order valence-electron chi connectivity index (χ1n) is 9.01. The lowest BCUT2D eigenvalue weighted by Crippen LogP contribution is -2.19. The number of aromatic nitrogens is 2. The number of amides is 2. The van der Waals surface area contributed by atoms with Crippen LogP contribution in [0, 0.1) is 0 Å². The molecule has 0 radical (unpaired) electrons. The molecule has 2 amide bonds. The number of urea groups is 1. The number of ketones is 1. The monoisotopic (exact) mass is 394 g/mol. The van der Waals surface area contributed by atoms with Crippen molar-refractivity contribution in [3.63, 3.8) is 0 Å². The summed E-state index contributed by atoms with van der Waals surface area (Å²) in [4.78, 5) is 27.5. The van der Waals surface area contributed by atoms with Gasteiger partial charge in [-0.05, 0) is 43.3 Å². The van der Waals surface area contributed by atoms with Gasteiger partial charge in [0.05, 0.1) is 11.9 Å². The highest BCUT2D eigenvalue weighted by atomic mass is 16.5. The van der Waals surface area contributed by atoms with Gasteiger partial charge in [0.2, 0.25) is 5.88 Å². The van der Waals surface area contributed by atoms with E-state index in [0.717, 1.165) is 5.69 Å². The average molecular weight is 394 g/mol. The summed E-state index contributed by atoms with van der Waals surface area (Å²) in [5.41, 5.74) is 1.18. The van der Waals surface area contributed by atoms with Gasteiger partial charge < -0.3 is 9.26 Å². The fourth-order valence-electron chi connectivity index (χ4n) is 2.36. The van der Waals surface area contributed by atoms with Crippen LogP contribution >= 0.6 is 0 Å². The Morgan fingerprint density at radius 2 is 1.69 bits per heavy atom. The van der Waals surface area contributed by atoms with E-state index in [1.165, 1.54) is 13.1 Å². The van der Waals surface area contributed by atoms with Crippen molar-refractivity contribution < 1.29 is 18.8 Å². The van der Waals surface area contributed by atoms with Crippen molar-refractivity contribution in [3.8, 4) is 11.5 Å². The Morgan fingerprint density at radius 3 is 2.24 bits per heavy atom. The molecule has 3 aromatic rings. The smallest absolute Gasteiger partial charge is 0.327 e. The third kappa shape index (κ3) is 5.41. The molecular weight excluding hydrogens is 372 g/mol. The minimum absolute atomic E-state index is 0.00752. The number of hydrogen-bond donors (Lipinski definition) is 2. The summed E-state index contributed by atoms with van der Waals surface area (Å²) < 4.78 is 10.8. The van der Waals surface area contributed by atoms with Gasteiger partial charge in [-0.25, -0.2) is 9.78 Å². The highest BCUT2D eigenvalue weighted by Crippen LogP contribution is 2.24. The van der Waals surface area contributed by atoms with Gasteiger partial charge in [0.25, 0.3) is 0 Å². The Morgan fingerprint density at radius 1 is 1.00 bits per heavy atom. The van der Waals surface area contributed by atoms with Gasteiger partial charge >= 0.3 is 6.03 Å². The van der Waals surface area contributed by atoms with Crippen LogP contribution in [0.3, 0.4) is 0 Å². The van der Waals surface area contributed by atoms with E-state index >= 15 is 0 Å². The molecule has 0 saturated carbocycles. The number of Topliss-reactive ketones (excluding diaryl/α,β-unsaturated/α-hetero) is 1. The molecular formula is C21H22N4O4. The van der Waals surface area contributed by atoms with Crippen LogP contribution in [0.4, 0.5) is 16.5 Å². The molecule has 0 unspecified atom stereocenters. The maximum absolute atomic E-state index is 12.1. The van der Waals surface area contributed by atoms with Crippen molar-refractivity contribution >= 4 is 23.5 Å². The molecule has 0 aliphatic carbocycles. The second-order valence-electron chi connectivity index (χ2n) is 7.47. The van der Waals surface area contributed by atoms with Gasteiger partial charge in [-0.1, -0.05) is 25.9 Å². The molecule has 0 spiro atoms. The highest BCUT2D eigenvalue weighted by Gasteiger charge is 2.19. The van der Waals surface area contributed by atoms with E-state index in [1.807, 2.05) is 20.8 Å². The SMILES string of the molecule is CC(=O)c1ccc(Oc2ccc(NC(=O)Nc3cc(C(C)(C)C)no3)nc2)cc1. The first kappa shape index (κ1) is 20.1. The molecule has 0 atom stereocenters. The van der Waals surface area contributed by atoms with Crippen LogP contribution in [-0.4, -0.2) is 22.0 Å². The van der Waals surface area contributed by atoms with Crippen LogP contribution in [0.5, 0.6) is 11.5 Å². The van der Waals surface area contributed by atoms with Gasteiger partial charge in [-0.3, -0.25) is 15.4 Å². The third-order valence-corrected chi connectivity index (χ3v) is 3.99. The number of hydrogen-bond acceptors (Lipinski definition) is 6. The zero-order valence-electron chi connectivity index (χ0n) is 16.6. The van der Waals surface area contributed by atoms with Crippen molar-refractivity contribution in [2.24, 2.45) is 0 Å². The molecule has 2 heterocycles. The molecule has 150 valence electrons. The minimum atomic E-state index is -0.498. The quantitative estimate of drug-likeness (QED) is 0.590. The zero-order chi connectivity index (χ0) is 21.0. The Kier molecular flexibility index (Phi) is 5.63. The molecule has 0 fully saturated rings. The number of nitrogens with zero attached hydrogens (tertiary/aromatic N) is 2.